The van der Waals surface area contributed by atoms with E-state index >= 15 is 0 Å². The van der Waals surface area contributed by atoms with Gasteiger partial charge < -0.3 is 18.9 Å². The van der Waals surface area contributed by atoms with Crippen molar-refractivity contribution in [2.24, 2.45) is 4.99 Å². The molecular weight excluding hydrogens is 694 g/mol. The summed E-state index contributed by atoms with van der Waals surface area (Å²) < 4.78 is 24.6. The van der Waals surface area contributed by atoms with Gasteiger partial charge in [-0.05, 0) is 73.0 Å². The molecule has 0 amide bonds. The maximum atomic E-state index is 14.3. The summed E-state index contributed by atoms with van der Waals surface area (Å²) in [5.41, 5.74) is 2.92. The van der Waals surface area contributed by atoms with E-state index in [4.69, 9.17) is 35.5 Å². The standard InChI is InChI=1S/C38H32ClN3O8S/c1-4-48-28-17-13-26(14-18-28)34-32(37(44)49-5-2)33(25-9-7-6-8-10-25)40-38-41(34)36(43)31(51-38)21-24-19-29(39)35(30(20-24)47-3)50-22-23-11-15-27(16-12-23)42(45)46/h6-21,34H,4-5,22H2,1-3H3/b31-21-/t34-/m0/s1. The van der Waals surface area contributed by atoms with Crippen molar-refractivity contribution in [3.63, 3.8) is 0 Å². The van der Waals surface area contributed by atoms with Crippen LogP contribution in [0, 0.1) is 10.1 Å². The van der Waals surface area contributed by atoms with Crippen LogP contribution in [0.4, 0.5) is 5.69 Å². The molecule has 1 aliphatic rings. The van der Waals surface area contributed by atoms with Crippen molar-refractivity contribution >= 4 is 46.4 Å². The van der Waals surface area contributed by atoms with Gasteiger partial charge in [0.15, 0.2) is 16.3 Å². The van der Waals surface area contributed by atoms with Gasteiger partial charge in [0.05, 0.1) is 52.1 Å². The minimum atomic E-state index is -0.846. The number of hydrogen-bond acceptors (Lipinski definition) is 10. The summed E-state index contributed by atoms with van der Waals surface area (Å²) in [5, 5.41) is 11.2. The number of nitrogens with zero attached hydrogens (tertiary/aromatic N) is 3. The largest absolute Gasteiger partial charge is 0.494 e. The van der Waals surface area contributed by atoms with Crippen LogP contribution < -0.4 is 29.1 Å². The van der Waals surface area contributed by atoms with E-state index in [-0.39, 0.29) is 40.8 Å². The van der Waals surface area contributed by atoms with E-state index in [0.29, 0.717) is 55.4 Å². The molecule has 6 rings (SSSR count). The fraction of sp³-hybridized carbons (Fsp3) is 0.184. The van der Waals surface area contributed by atoms with E-state index in [0.717, 1.165) is 0 Å². The Balaban J connectivity index is 1.45. The molecule has 0 saturated carbocycles. The molecule has 260 valence electrons. The maximum Gasteiger partial charge on any atom is 0.338 e. The van der Waals surface area contributed by atoms with Crippen LogP contribution in [0.25, 0.3) is 11.8 Å². The summed E-state index contributed by atoms with van der Waals surface area (Å²) in [4.78, 5) is 43.9. The number of esters is 1. The molecule has 0 fully saturated rings. The van der Waals surface area contributed by atoms with Crippen molar-refractivity contribution in [1.29, 1.82) is 0 Å². The lowest BCUT2D eigenvalue weighted by molar-refractivity contribution is -0.384. The van der Waals surface area contributed by atoms with Gasteiger partial charge in [0.1, 0.15) is 12.4 Å². The van der Waals surface area contributed by atoms with Gasteiger partial charge in [0.25, 0.3) is 11.2 Å². The quantitative estimate of drug-likeness (QED) is 0.0811. The van der Waals surface area contributed by atoms with Crippen LogP contribution in [0.2, 0.25) is 5.02 Å². The number of ether oxygens (including phenoxy) is 4. The third kappa shape index (κ3) is 7.42. The molecule has 0 aliphatic carbocycles. The Bertz CT molecular complexity index is 2300. The van der Waals surface area contributed by atoms with Crippen molar-refractivity contribution in [2.75, 3.05) is 20.3 Å². The first-order valence-electron chi connectivity index (χ1n) is 16.0. The average Bonchev–Trinajstić information content (AvgIpc) is 3.45. The molecule has 0 spiro atoms. The Labute approximate surface area is 301 Å². The number of fused-ring (bicyclic) bond motifs is 1. The number of aromatic nitrogens is 1. The normalized spacial score (nSPS) is 14.0. The lowest BCUT2D eigenvalue weighted by Gasteiger charge is -2.26. The van der Waals surface area contributed by atoms with Crippen LogP contribution in [0.1, 0.15) is 42.1 Å². The maximum absolute atomic E-state index is 14.3. The van der Waals surface area contributed by atoms with Crippen LogP contribution in [-0.2, 0) is 16.1 Å². The van der Waals surface area contributed by atoms with Crippen LogP contribution in [0.5, 0.6) is 17.2 Å². The number of carbonyl (C=O) groups is 1. The van der Waals surface area contributed by atoms with Crippen LogP contribution in [-0.4, -0.2) is 35.8 Å². The fourth-order valence-corrected chi connectivity index (χ4v) is 6.93. The Kier molecular flexibility index (Phi) is 10.6. The molecule has 13 heteroatoms. The summed E-state index contributed by atoms with van der Waals surface area (Å²) in [7, 11) is 1.47. The minimum absolute atomic E-state index is 0.0248. The molecule has 1 atom stereocenters. The van der Waals surface area contributed by atoms with E-state index in [2.05, 4.69) is 0 Å². The molecule has 51 heavy (non-hydrogen) atoms. The molecule has 1 aromatic heterocycles. The zero-order valence-corrected chi connectivity index (χ0v) is 29.4. The molecule has 4 aromatic carbocycles. The Morgan fingerprint density at radius 2 is 1.73 bits per heavy atom. The Morgan fingerprint density at radius 1 is 1.00 bits per heavy atom. The third-order valence-corrected chi connectivity index (χ3v) is 9.22. The second-order valence-corrected chi connectivity index (χ2v) is 12.6. The molecule has 0 bridgehead atoms. The lowest BCUT2D eigenvalue weighted by Crippen LogP contribution is -2.40. The highest BCUT2D eigenvalue weighted by Crippen LogP contribution is 2.38. The molecule has 5 aromatic rings. The van der Waals surface area contributed by atoms with Crippen molar-refractivity contribution in [3.8, 4) is 17.2 Å². The number of nitro benzene ring substituents is 1. The van der Waals surface area contributed by atoms with Crippen LogP contribution in [0.3, 0.4) is 0 Å². The molecule has 0 unspecified atom stereocenters. The fourth-order valence-electron chi connectivity index (χ4n) is 5.65. The first kappa shape index (κ1) is 35.1. The summed E-state index contributed by atoms with van der Waals surface area (Å²) in [6.07, 6.45) is 1.68. The number of hydrogen-bond donors (Lipinski definition) is 0. The summed E-state index contributed by atoms with van der Waals surface area (Å²) >= 11 is 7.86. The van der Waals surface area contributed by atoms with Crippen LogP contribution >= 0.6 is 22.9 Å². The van der Waals surface area contributed by atoms with Crippen LogP contribution in [0.15, 0.2) is 106 Å². The molecule has 1 aliphatic heterocycles. The Morgan fingerprint density at radius 3 is 2.37 bits per heavy atom. The van der Waals surface area contributed by atoms with E-state index < -0.39 is 16.9 Å². The highest BCUT2D eigenvalue weighted by molar-refractivity contribution is 7.07. The van der Waals surface area contributed by atoms with Gasteiger partial charge in [0, 0.05) is 17.7 Å². The number of rotatable bonds is 12. The smallest absolute Gasteiger partial charge is 0.338 e. The molecule has 0 saturated heterocycles. The van der Waals surface area contributed by atoms with Gasteiger partial charge in [-0.15, -0.1) is 0 Å². The number of methoxy groups -OCH3 is 1. The number of halogens is 1. The van der Waals surface area contributed by atoms with Crippen molar-refractivity contribution in [3.05, 3.63) is 154 Å². The van der Waals surface area contributed by atoms with E-state index in [1.54, 1.807) is 49.4 Å². The number of nitro groups is 1. The predicted octanol–water partition coefficient (Wildman–Crippen LogP) is 6.48. The van der Waals surface area contributed by atoms with Gasteiger partial charge in [-0.3, -0.25) is 19.5 Å². The highest BCUT2D eigenvalue weighted by Gasteiger charge is 2.35. The lowest BCUT2D eigenvalue weighted by atomic mass is 9.93. The summed E-state index contributed by atoms with van der Waals surface area (Å²) in [6, 6.07) is 25.1. The highest BCUT2D eigenvalue weighted by atomic mass is 35.5. The second kappa shape index (κ2) is 15.4. The predicted molar refractivity (Wildman–Crippen MR) is 194 cm³/mol. The molecule has 11 nitrogen and oxygen atoms in total. The first-order valence-corrected chi connectivity index (χ1v) is 17.2. The van der Waals surface area contributed by atoms with Crippen molar-refractivity contribution in [1.82, 2.24) is 4.57 Å². The van der Waals surface area contributed by atoms with Crippen molar-refractivity contribution in [2.45, 2.75) is 26.5 Å². The molecule has 2 heterocycles. The minimum Gasteiger partial charge on any atom is -0.494 e. The number of benzene rings is 4. The van der Waals surface area contributed by atoms with Crippen molar-refractivity contribution < 1.29 is 28.7 Å². The number of carbonyl (C=O) groups excluding carboxylic acids is 1. The first-order chi connectivity index (χ1) is 24.7. The van der Waals surface area contributed by atoms with E-state index in [1.807, 2.05) is 49.4 Å². The van der Waals surface area contributed by atoms with Gasteiger partial charge in [-0.25, -0.2) is 9.79 Å². The van der Waals surface area contributed by atoms with Gasteiger partial charge in [-0.1, -0.05) is 65.4 Å². The SMILES string of the molecule is CCOC(=O)C1=C(c2ccccc2)N=c2s/c(=C\c3cc(Cl)c(OCc4ccc([N+](=O)[O-])cc4)c(OC)c3)c(=O)n2[C@H]1c1ccc(OCC)cc1. The topological polar surface area (TPSA) is 131 Å². The average molecular weight is 726 g/mol. The second-order valence-electron chi connectivity index (χ2n) is 11.2. The monoisotopic (exact) mass is 725 g/mol. The van der Waals surface area contributed by atoms with Gasteiger partial charge in [0.2, 0.25) is 0 Å². The summed E-state index contributed by atoms with van der Waals surface area (Å²) in [6.45, 7) is 4.34. The zero-order valence-electron chi connectivity index (χ0n) is 27.8. The zero-order chi connectivity index (χ0) is 36.1. The third-order valence-electron chi connectivity index (χ3n) is 7.96. The molecule has 0 N–H and O–H groups in total. The molecule has 0 radical (unpaired) electrons. The summed E-state index contributed by atoms with van der Waals surface area (Å²) in [5.74, 6) is 0.684. The Hall–Kier alpha value is -5.72. The van der Waals surface area contributed by atoms with E-state index in [9.17, 15) is 19.7 Å². The number of thiazole rings is 1. The molecular formula is C38H32ClN3O8S. The van der Waals surface area contributed by atoms with Gasteiger partial charge in [-0.2, -0.15) is 0 Å². The number of non-ortho nitro benzene ring substituents is 1. The van der Waals surface area contributed by atoms with Gasteiger partial charge >= 0.3 is 5.97 Å². The van der Waals surface area contributed by atoms with E-state index in [1.165, 1.54) is 35.1 Å².